The highest BCUT2D eigenvalue weighted by Gasteiger charge is 2.44. The van der Waals surface area contributed by atoms with Crippen LogP contribution in [0.2, 0.25) is 0 Å². The largest absolute Gasteiger partial charge is 0.330 e. The van der Waals surface area contributed by atoms with E-state index in [1.165, 1.54) is 24.8 Å². The van der Waals surface area contributed by atoms with Crippen molar-refractivity contribution in [1.29, 1.82) is 0 Å². The molecule has 0 radical (unpaired) electrons. The molecule has 66 valence electrons. The first-order valence-electron chi connectivity index (χ1n) is 4.52. The maximum atomic E-state index is 5.61. The van der Waals surface area contributed by atoms with E-state index in [-0.39, 0.29) is 0 Å². The predicted molar refractivity (Wildman–Crippen MR) is 53.6 cm³/mol. The zero-order valence-electron chi connectivity index (χ0n) is 7.47. The van der Waals surface area contributed by atoms with Crippen LogP contribution >= 0.6 is 11.3 Å². The van der Waals surface area contributed by atoms with Gasteiger partial charge in [-0.1, -0.05) is 0 Å². The Hall–Kier alpha value is -0.340. The molecule has 1 fully saturated rings. The lowest BCUT2D eigenvalue weighted by Gasteiger charge is -2.13. The van der Waals surface area contributed by atoms with Crippen LogP contribution < -0.4 is 5.73 Å². The Kier molecular flexibility index (Phi) is 1.97. The van der Waals surface area contributed by atoms with Gasteiger partial charge in [-0.3, -0.25) is 0 Å². The quantitative estimate of drug-likeness (QED) is 0.761. The summed E-state index contributed by atoms with van der Waals surface area (Å²) in [6.07, 6.45) is 3.87. The highest BCUT2D eigenvalue weighted by atomic mass is 32.1. The van der Waals surface area contributed by atoms with Gasteiger partial charge in [0.1, 0.15) is 0 Å². The second-order valence-corrected chi connectivity index (χ2v) is 4.53. The minimum atomic E-state index is 0.499. The van der Waals surface area contributed by atoms with Gasteiger partial charge in [-0.15, -0.1) is 0 Å². The Bertz CT molecular complexity index is 273. The van der Waals surface area contributed by atoms with Gasteiger partial charge in [0, 0.05) is 0 Å². The molecule has 1 heterocycles. The SMILES string of the molecule is Cc1cscc1C1(CCN)CC1. The van der Waals surface area contributed by atoms with Crippen LogP contribution in [0.1, 0.15) is 30.4 Å². The maximum Gasteiger partial charge on any atom is -0.00235 e. The molecule has 0 saturated heterocycles. The molecule has 0 atom stereocenters. The zero-order chi connectivity index (χ0) is 8.60. The van der Waals surface area contributed by atoms with Crippen molar-refractivity contribution in [3.05, 3.63) is 21.9 Å². The molecule has 1 nitrogen and oxygen atoms in total. The molecule has 2 rings (SSSR count). The van der Waals surface area contributed by atoms with E-state index in [1.54, 1.807) is 5.56 Å². The number of thiophene rings is 1. The molecule has 0 aromatic carbocycles. The Labute approximate surface area is 77.6 Å². The van der Waals surface area contributed by atoms with Crippen LogP contribution in [-0.2, 0) is 5.41 Å². The molecule has 2 N–H and O–H groups in total. The Morgan fingerprint density at radius 2 is 2.25 bits per heavy atom. The van der Waals surface area contributed by atoms with Crippen LogP contribution in [0.3, 0.4) is 0 Å². The monoisotopic (exact) mass is 181 g/mol. The summed E-state index contributed by atoms with van der Waals surface area (Å²) in [5, 5.41) is 4.55. The molecule has 0 spiro atoms. The number of hydrogen-bond donors (Lipinski definition) is 1. The van der Waals surface area contributed by atoms with Crippen LogP contribution in [0, 0.1) is 6.92 Å². The fourth-order valence-electron chi connectivity index (χ4n) is 1.98. The van der Waals surface area contributed by atoms with Crippen molar-refractivity contribution >= 4 is 11.3 Å². The minimum Gasteiger partial charge on any atom is -0.330 e. The van der Waals surface area contributed by atoms with Crippen molar-refractivity contribution in [1.82, 2.24) is 0 Å². The zero-order valence-corrected chi connectivity index (χ0v) is 8.29. The number of hydrogen-bond acceptors (Lipinski definition) is 2. The van der Waals surface area contributed by atoms with Gasteiger partial charge < -0.3 is 5.73 Å². The lowest BCUT2D eigenvalue weighted by molar-refractivity contribution is 0.628. The third-order valence-electron chi connectivity index (χ3n) is 2.90. The van der Waals surface area contributed by atoms with Gasteiger partial charge in [-0.05, 0) is 60.0 Å². The van der Waals surface area contributed by atoms with E-state index >= 15 is 0 Å². The van der Waals surface area contributed by atoms with E-state index in [1.807, 2.05) is 11.3 Å². The molecule has 12 heavy (non-hydrogen) atoms. The lowest BCUT2D eigenvalue weighted by Crippen LogP contribution is -2.13. The smallest absolute Gasteiger partial charge is 0.00235 e. The highest BCUT2D eigenvalue weighted by Crippen LogP contribution is 2.52. The normalized spacial score (nSPS) is 19.5. The topological polar surface area (TPSA) is 26.0 Å². The fourth-order valence-corrected chi connectivity index (χ4v) is 2.96. The van der Waals surface area contributed by atoms with E-state index in [2.05, 4.69) is 17.7 Å². The summed E-state index contributed by atoms with van der Waals surface area (Å²) in [5.74, 6) is 0. The van der Waals surface area contributed by atoms with Gasteiger partial charge in [0.2, 0.25) is 0 Å². The predicted octanol–water partition coefficient (Wildman–Crippen LogP) is 2.44. The van der Waals surface area contributed by atoms with E-state index in [0.29, 0.717) is 5.41 Å². The van der Waals surface area contributed by atoms with Gasteiger partial charge in [-0.25, -0.2) is 0 Å². The molecule has 0 aliphatic heterocycles. The summed E-state index contributed by atoms with van der Waals surface area (Å²) in [6.45, 7) is 3.04. The van der Waals surface area contributed by atoms with E-state index in [0.717, 1.165) is 6.54 Å². The maximum absolute atomic E-state index is 5.61. The highest BCUT2D eigenvalue weighted by molar-refractivity contribution is 7.08. The van der Waals surface area contributed by atoms with E-state index in [9.17, 15) is 0 Å². The molecule has 1 aliphatic rings. The summed E-state index contributed by atoms with van der Waals surface area (Å²) in [6, 6.07) is 0. The number of aryl methyl sites for hydroxylation is 1. The minimum absolute atomic E-state index is 0.499. The Morgan fingerprint density at radius 1 is 1.50 bits per heavy atom. The average Bonchev–Trinajstić information content (AvgIpc) is 2.68. The van der Waals surface area contributed by atoms with Crippen LogP contribution in [0.5, 0.6) is 0 Å². The van der Waals surface area contributed by atoms with Gasteiger partial charge in [0.05, 0.1) is 0 Å². The molecule has 1 aromatic heterocycles. The first kappa shape index (κ1) is 8.27. The fraction of sp³-hybridized carbons (Fsp3) is 0.600. The summed E-state index contributed by atoms with van der Waals surface area (Å²) in [4.78, 5) is 0. The van der Waals surface area contributed by atoms with Gasteiger partial charge >= 0.3 is 0 Å². The third-order valence-corrected chi connectivity index (χ3v) is 3.76. The number of rotatable bonds is 3. The van der Waals surface area contributed by atoms with Gasteiger partial charge in [0.25, 0.3) is 0 Å². The summed E-state index contributed by atoms with van der Waals surface area (Å²) in [7, 11) is 0. The van der Waals surface area contributed by atoms with Crippen molar-refractivity contribution in [2.24, 2.45) is 5.73 Å². The molecule has 0 bridgehead atoms. The van der Waals surface area contributed by atoms with Crippen molar-refractivity contribution in [3.8, 4) is 0 Å². The first-order valence-corrected chi connectivity index (χ1v) is 5.46. The van der Waals surface area contributed by atoms with Crippen LogP contribution in [0.4, 0.5) is 0 Å². The molecular weight excluding hydrogens is 166 g/mol. The molecule has 1 saturated carbocycles. The standard InChI is InChI=1S/C10H15NS/c1-8-6-12-7-9(8)10(2-3-10)4-5-11/h6-7H,2-5,11H2,1H3. The van der Waals surface area contributed by atoms with Crippen molar-refractivity contribution < 1.29 is 0 Å². The second-order valence-electron chi connectivity index (χ2n) is 3.79. The molecule has 2 heteroatoms. The molecule has 1 aromatic rings. The second kappa shape index (κ2) is 2.86. The summed E-state index contributed by atoms with van der Waals surface area (Å²) in [5.41, 5.74) is 9.14. The van der Waals surface area contributed by atoms with Gasteiger partial charge in [0.15, 0.2) is 0 Å². The van der Waals surface area contributed by atoms with E-state index in [4.69, 9.17) is 5.73 Å². The van der Waals surface area contributed by atoms with Crippen LogP contribution in [0.15, 0.2) is 10.8 Å². The molecule has 0 amide bonds. The van der Waals surface area contributed by atoms with Crippen molar-refractivity contribution in [3.63, 3.8) is 0 Å². The molecular formula is C10H15NS. The summed E-state index contributed by atoms with van der Waals surface area (Å²) < 4.78 is 0. The van der Waals surface area contributed by atoms with Crippen molar-refractivity contribution in [2.75, 3.05) is 6.54 Å². The first-order chi connectivity index (χ1) is 5.78. The third kappa shape index (κ3) is 1.19. The average molecular weight is 181 g/mol. The molecule has 1 aliphatic carbocycles. The van der Waals surface area contributed by atoms with Gasteiger partial charge in [-0.2, -0.15) is 11.3 Å². The molecule has 0 unspecified atom stereocenters. The Morgan fingerprint density at radius 3 is 2.67 bits per heavy atom. The Balaban J connectivity index is 2.24. The lowest BCUT2D eigenvalue weighted by atomic mass is 9.92. The van der Waals surface area contributed by atoms with E-state index < -0.39 is 0 Å². The summed E-state index contributed by atoms with van der Waals surface area (Å²) >= 11 is 1.82. The number of nitrogens with two attached hydrogens (primary N) is 1. The van der Waals surface area contributed by atoms with Crippen LogP contribution in [0.25, 0.3) is 0 Å². The van der Waals surface area contributed by atoms with Crippen LogP contribution in [-0.4, -0.2) is 6.54 Å². The van der Waals surface area contributed by atoms with Crippen molar-refractivity contribution in [2.45, 2.75) is 31.6 Å².